The Kier molecular flexibility index (Phi) is 4.78. The molecule has 1 aliphatic heterocycles. The molecular weight excluding hydrogens is 308 g/mol. The van der Waals surface area contributed by atoms with Crippen molar-refractivity contribution in [2.45, 2.75) is 39.4 Å². The first-order valence-corrected chi connectivity index (χ1v) is 8.94. The van der Waals surface area contributed by atoms with E-state index in [9.17, 15) is 4.79 Å². The van der Waals surface area contributed by atoms with Crippen LogP contribution in [0.5, 0.6) is 0 Å². The SMILES string of the molecule is CCc1ccc(-c2nc(C(=O)N3C[C@@H](C)O[C@H](C)C3)cs2)cc1. The third-order valence-electron chi connectivity index (χ3n) is 4.04. The first-order valence-electron chi connectivity index (χ1n) is 8.06. The van der Waals surface area contributed by atoms with Crippen LogP contribution in [0.2, 0.25) is 0 Å². The maximum atomic E-state index is 12.7. The van der Waals surface area contributed by atoms with Gasteiger partial charge in [0.2, 0.25) is 0 Å². The van der Waals surface area contributed by atoms with Crippen molar-refractivity contribution in [2.75, 3.05) is 13.1 Å². The number of ether oxygens (including phenoxy) is 1. The largest absolute Gasteiger partial charge is 0.372 e. The highest BCUT2D eigenvalue weighted by Crippen LogP contribution is 2.25. The molecule has 4 nitrogen and oxygen atoms in total. The minimum atomic E-state index is -0.000298. The van der Waals surface area contributed by atoms with Gasteiger partial charge >= 0.3 is 0 Å². The van der Waals surface area contributed by atoms with Crippen molar-refractivity contribution >= 4 is 17.2 Å². The number of morpholine rings is 1. The summed E-state index contributed by atoms with van der Waals surface area (Å²) < 4.78 is 5.69. The maximum absolute atomic E-state index is 12.7. The topological polar surface area (TPSA) is 42.4 Å². The molecule has 0 bridgehead atoms. The molecule has 122 valence electrons. The smallest absolute Gasteiger partial charge is 0.273 e. The van der Waals surface area contributed by atoms with E-state index in [1.165, 1.54) is 16.9 Å². The fraction of sp³-hybridized carbons (Fsp3) is 0.444. The Hall–Kier alpha value is -1.72. The molecule has 2 heterocycles. The Labute approximate surface area is 141 Å². The van der Waals surface area contributed by atoms with E-state index in [-0.39, 0.29) is 18.1 Å². The molecule has 0 unspecified atom stereocenters. The van der Waals surface area contributed by atoms with Crippen LogP contribution in [0, 0.1) is 0 Å². The predicted molar refractivity (Wildman–Crippen MR) is 92.8 cm³/mol. The fourth-order valence-electron chi connectivity index (χ4n) is 2.89. The second kappa shape index (κ2) is 6.81. The molecule has 1 aromatic heterocycles. The van der Waals surface area contributed by atoms with Crippen LogP contribution >= 0.6 is 11.3 Å². The zero-order valence-electron chi connectivity index (χ0n) is 13.8. The number of nitrogens with zero attached hydrogens (tertiary/aromatic N) is 2. The normalized spacial score (nSPS) is 21.4. The lowest BCUT2D eigenvalue weighted by Gasteiger charge is -2.34. The second-order valence-electron chi connectivity index (χ2n) is 6.06. The minimum Gasteiger partial charge on any atom is -0.372 e. The average molecular weight is 330 g/mol. The maximum Gasteiger partial charge on any atom is 0.273 e. The van der Waals surface area contributed by atoms with Crippen molar-refractivity contribution in [3.63, 3.8) is 0 Å². The van der Waals surface area contributed by atoms with Crippen molar-refractivity contribution in [1.29, 1.82) is 0 Å². The number of hydrogen-bond donors (Lipinski definition) is 0. The van der Waals surface area contributed by atoms with Gasteiger partial charge in [-0.25, -0.2) is 4.98 Å². The number of carbonyl (C=O) groups is 1. The molecule has 0 aliphatic carbocycles. The van der Waals surface area contributed by atoms with Gasteiger partial charge in [0.15, 0.2) is 0 Å². The van der Waals surface area contributed by atoms with Gasteiger partial charge in [0.1, 0.15) is 10.7 Å². The quantitative estimate of drug-likeness (QED) is 0.863. The molecular formula is C18H22N2O2S. The van der Waals surface area contributed by atoms with Gasteiger partial charge in [0, 0.05) is 24.0 Å². The van der Waals surface area contributed by atoms with Crippen LogP contribution in [-0.4, -0.2) is 41.1 Å². The molecule has 2 atom stereocenters. The van der Waals surface area contributed by atoms with Crippen LogP contribution in [-0.2, 0) is 11.2 Å². The number of aromatic nitrogens is 1. The summed E-state index contributed by atoms with van der Waals surface area (Å²) in [7, 11) is 0. The lowest BCUT2D eigenvalue weighted by Crippen LogP contribution is -2.48. The number of carbonyl (C=O) groups excluding carboxylic acids is 1. The number of rotatable bonds is 3. The summed E-state index contributed by atoms with van der Waals surface area (Å²) in [5.74, 6) is -0.000298. The standard InChI is InChI=1S/C18H22N2O2S/c1-4-14-5-7-15(8-6-14)17-19-16(11-23-17)18(21)20-9-12(2)22-13(3)10-20/h5-8,11-13H,4,9-10H2,1-3H3/t12-,13-/m1/s1. The van der Waals surface area contributed by atoms with Crippen molar-refractivity contribution in [3.8, 4) is 10.6 Å². The molecule has 0 radical (unpaired) electrons. The van der Waals surface area contributed by atoms with Gasteiger partial charge < -0.3 is 9.64 Å². The zero-order chi connectivity index (χ0) is 16.4. The van der Waals surface area contributed by atoms with Crippen molar-refractivity contribution in [1.82, 2.24) is 9.88 Å². The van der Waals surface area contributed by atoms with Gasteiger partial charge in [0.05, 0.1) is 12.2 Å². The van der Waals surface area contributed by atoms with Gasteiger partial charge in [-0.2, -0.15) is 0 Å². The van der Waals surface area contributed by atoms with Crippen LogP contribution in [0.15, 0.2) is 29.6 Å². The summed E-state index contributed by atoms with van der Waals surface area (Å²) in [5.41, 5.74) is 2.90. The van der Waals surface area contributed by atoms with Crippen molar-refractivity contribution in [2.24, 2.45) is 0 Å². The number of thiazole rings is 1. The highest BCUT2D eigenvalue weighted by Gasteiger charge is 2.27. The molecule has 1 saturated heterocycles. The lowest BCUT2D eigenvalue weighted by atomic mass is 10.1. The molecule has 1 fully saturated rings. The summed E-state index contributed by atoms with van der Waals surface area (Å²) in [6.45, 7) is 7.39. The summed E-state index contributed by atoms with van der Waals surface area (Å²) in [6.07, 6.45) is 1.17. The van der Waals surface area contributed by atoms with Crippen LogP contribution in [0.3, 0.4) is 0 Å². The van der Waals surface area contributed by atoms with Gasteiger partial charge in [0.25, 0.3) is 5.91 Å². The Balaban J connectivity index is 1.76. The van der Waals surface area contributed by atoms with E-state index < -0.39 is 0 Å². The van der Waals surface area contributed by atoms with Crippen molar-refractivity contribution < 1.29 is 9.53 Å². The Bertz CT molecular complexity index is 671. The highest BCUT2D eigenvalue weighted by atomic mass is 32.1. The highest BCUT2D eigenvalue weighted by molar-refractivity contribution is 7.13. The van der Waals surface area contributed by atoms with Crippen LogP contribution in [0.4, 0.5) is 0 Å². The summed E-state index contributed by atoms with van der Waals surface area (Å²) in [4.78, 5) is 19.0. The first-order chi connectivity index (χ1) is 11.1. The fourth-order valence-corrected chi connectivity index (χ4v) is 3.69. The minimum absolute atomic E-state index is 0.000298. The van der Waals surface area contributed by atoms with Gasteiger partial charge in [-0.3, -0.25) is 4.79 Å². The van der Waals surface area contributed by atoms with Crippen LogP contribution in [0.25, 0.3) is 10.6 Å². The summed E-state index contributed by atoms with van der Waals surface area (Å²) in [5, 5.41) is 2.75. The van der Waals surface area contributed by atoms with E-state index in [0.29, 0.717) is 18.8 Å². The first kappa shape index (κ1) is 16.1. The number of amides is 1. The molecule has 0 N–H and O–H groups in total. The van der Waals surface area contributed by atoms with Crippen LogP contribution < -0.4 is 0 Å². The number of benzene rings is 1. The molecule has 23 heavy (non-hydrogen) atoms. The molecule has 1 aliphatic rings. The monoisotopic (exact) mass is 330 g/mol. The molecule has 0 spiro atoms. The summed E-state index contributed by atoms with van der Waals surface area (Å²) >= 11 is 1.52. The number of hydrogen-bond acceptors (Lipinski definition) is 4. The molecule has 5 heteroatoms. The zero-order valence-corrected chi connectivity index (χ0v) is 14.6. The summed E-state index contributed by atoms with van der Waals surface area (Å²) in [6, 6.07) is 8.38. The Morgan fingerprint density at radius 2 is 1.91 bits per heavy atom. The van der Waals surface area contributed by atoms with Gasteiger partial charge in [-0.15, -0.1) is 11.3 Å². The molecule has 0 saturated carbocycles. The molecule has 2 aromatic rings. The molecule has 1 amide bonds. The van der Waals surface area contributed by atoms with Gasteiger partial charge in [-0.1, -0.05) is 31.2 Å². The predicted octanol–water partition coefficient (Wildman–Crippen LogP) is 3.62. The average Bonchev–Trinajstić information content (AvgIpc) is 3.03. The van der Waals surface area contributed by atoms with E-state index in [1.54, 1.807) is 0 Å². The third-order valence-corrected chi connectivity index (χ3v) is 4.93. The van der Waals surface area contributed by atoms with E-state index in [4.69, 9.17) is 4.74 Å². The molecule has 1 aromatic carbocycles. The lowest BCUT2D eigenvalue weighted by molar-refractivity contribution is -0.0587. The Morgan fingerprint density at radius 1 is 1.26 bits per heavy atom. The van der Waals surface area contributed by atoms with Gasteiger partial charge in [-0.05, 0) is 25.8 Å². The molecule has 3 rings (SSSR count). The van der Waals surface area contributed by atoms with E-state index >= 15 is 0 Å². The van der Waals surface area contributed by atoms with E-state index in [0.717, 1.165) is 17.0 Å². The third kappa shape index (κ3) is 3.62. The van der Waals surface area contributed by atoms with E-state index in [1.807, 2.05) is 24.1 Å². The number of aryl methyl sites for hydroxylation is 1. The van der Waals surface area contributed by atoms with E-state index in [2.05, 4.69) is 36.2 Å². The Morgan fingerprint density at radius 3 is 2.52 bits per heavy atom. The van der Waals surface area contributed by atoms with Crippen LogP contribution in [0.1, 0.15) is 36.8 Å². The van der Waals surface area contributed by atoms with Crippen molar-refractivity contribution in [3.05, 3.63) is 40.9 Å². The second-order valence-corrected chi connectivity index (χ2v) is 6.91.